The lowest BCUT2D eigenvalue weighted by Gasteiger charge is -2.24. The van der Waals surface area contributed by atoms with Crippen LogP contribution >= 0.6 is 0 Å². The van der Waals surface area contributed by atoms with E-state index in [1.165, 1.54) is 143 Å². The van der Waals surface area contributed by atoms with E-state index in [2.05, 4.69) is 301 Å². The van der Waals surface area contributed by atoms with Crippen LogP contribution in [0.4, 0.5) is 0 Å². The van der Waals surface area contributed by atoms with Crippen LogP contribution in [0, 0.1) is 0 Å². The third-order valence-corrected chi connectivity index (χ3v) is 19.1. The standard InChI is InChI=1S/C78H54N4/c1-77(2)65-26-11-5-20-53(65)60-39-41-63-58-24-9-16-31-71(58)82(76(63)73(60)77)52-19-17-18-51(46-52)80-69-29-14-10-25-59(69)64-44-47(33-43-72(64)80)48-32-38-54-61-40-42-62-57-23-8-15-30-70(57)81(75(62)74(61)78(3,4)66(54)45-48)50-36-34-49(35-37-50)79-67-27-12-6-21-55(67)56-22-7-13-28-68(56)79/h5-46H,1-4H3. The molecule has 0 atom stereocenters. The molecule has 2 aliphatic carbocycles. The molecule has 0 unspecified atom stereocenters. The number of para-hydroxylation sites is 5. The van der Waals surface area contributed by atoms with Gasteiger partial charge in [-0.3, -0.25) is 0 Å². The number of nitrogens with zero attached hydrogens (tertiary/aromatic N) is 4. The minimum Gasteiger partial charge on any atom is -0.309 e. The molecule has 12 aromatic carbocycles. The Labute approximate surface area is 474 Å². The van der Waals surface area contributed by atoms with Crippen LogP contribution < -0.4 is 0 Å². The second-order valence-corrected chi connectivity index (χ2v) is 24.0. The maximum absolute atomic E-state index is 2.54. The van der Waals surface area contributed by atoms with Crippen LogP contribution in [0.25, 0.3) is 143 Å². The molecule has 2 aliphatic rings. The smallest absolute Gasteiger partial charge is 0.0588 e. The summed E-state index contributed by atoms with van der Waals surface area (Å²) in [5.41, 5.74) is 27.2. The van der Waals surface area contributed by atoms with Gasteiger partial charge >= 0.3 is 0 Å². The molecule has 4 aromatic heterocycles. The second kappa shape index (κ2) is 16.2. The molecule has 0 amide bonds. The first-order chi connectivity index (χ1) is 40.2. The minimum absolute atomic E-state index is 0.170. The molecule has 18 rings (SSSR count). The molecular formula is C78H54N4. The molecule has 82 heavy (non-hydrogen) atoms. The van der Waals surface area contributed by atoms with Crippen molar-refractivity contribution in [2.24, 2.45) is 0 Å². The van der Waals surface area contributed by atoms with Gasteiger partial charge in [-0.25, -0.2) is 0 Å². The van der Waals surface area contributed by atoms with Gasteiger partial charge in [0.15, 0.2) is 0 Å². The van der Waals surface area contributed by atoms with Crippen molar-refractivity contribution in [1.29, 1.82) is 0 Å². The molecule has 0 saturated heterocycles. The van der Waals surface area contributed by atoms with Gasteiger partial charge in [0.2, 0.25) is 0 Å². The van der Waals surface area contributed by atoms with Crippen molar-refractivity contribution in [2.45, 2.75) is 38.5 Å². The van der Waals surface area contributed by atoms with E-state index in [4.69, 9.17) is 0 Å². The summed E-state index contributed by atoms with van der Waals surface area (Å²) in [7, 11) is 0. The summed E-state index contributed by atoms with van der Waals surface area (Å²) < 4.78 is 9.94. The highest BCUT2D eigenvalue weighted by atomic mass is 15.0. The van der Waals surface area contributed by atoms with Gasteiger partial charge in [-0.2, -0.15) is 0 Å². The van der Waals surface area contributed by atoms with Gasteiger partial charge in [0.05, 0.1) is 44.1 Å². The molecule has 4 nitrogen and oxygen atoms in total. The van der Waals surface area contributed by atoms with Gasteiger partial charge in [-0.05, 0) is 147 Å². The van der Waals surface area contributed by atoms with E-state index in [0.29, 0.717) is 0 Å². The normalized spacial score (nSPS) is 14.0. The van der Waals surface area contributed by atoms with Crippen LogP contribution in [-0.4, -0.2) is 18.3 Å². The predicted molar refractivity (Wildman–Crippen MR) is 344 cm³/mol. The monoisotopic (exact) mass is 1050 g/mol. The molecule has 4 heteroatoms. The molecule has 0 spiro atoms. The van der Waals surface area contributed by atoms with Crippen molar-refractivity contribution in [3.05, 3.63) is 277 Å². The lowest BCUT2D eigenvalue weighted by molar-refractivity contribution is 0.664. The average molecular weight is 1050 g/mol. The number of aromatic nitrogens is 4. The lowest BCUT2D eigenvalue weighted by atomic mass is 9.80. The Hall–Kier alpha value is -10.2. The summed E-state index contributed by atoms with van der Waals surface area (Å²) in [5, 5.41) is 10.1. The van der Waals surface area contributed by atoms with Gasteiger partial charge in [-0.1, -0.05) is 191 Å². The van der Waals surface area contributed by atoms with Crippen LogP contribution in [0.2, 0.25) is 0 Å². The Balaban J connectivity index is 0.753. The van der Waals surface area contributed by atoms with Crippen molar-refractivity contribution in [1.82, 2.24) is 18.3 Å². The first-order valence-electron chi connectivity index (χ1n) is 28.8. The minimum atomic E-state index is -0.295. The zero-order valence-electron chi connectivity index (χ0n) is 46.0. The molecule has 386 valence electrons. The first-order valence-corrected chi connectivity index (χ1v) is 28.8. The predicted octanol–water partition coefficient (Wildman–Crippen LogP) is 20.4. The van der Waals surface area contributed by atoms with Crippen molar-refractivity contribution in [3.63, 3.8) is 0 Å². The van der Waals surface area contributed by atoms with Gasteiger partial charge in [0, 0.05) is 76.7 Å². The average Bonchev–Trinajstić information content (AvgIpc) is 4.42. The topological polar surface area (TPSA) is 19.7 Å². The zero-order chi connectivity index (χ0) is 54.3. The highest BCUT2D eigenvalue weighted by Gasteiger charge is 2.40. The molecule has 16 aromatic rings. The Morgan fingerprint density at radius 3 is 1.18 bits per heavy atom. The largest absolute Gasteiger partial charge is 0.309 e. The fraction of sp³-hybridized carbons (Fsp3) is 0.0769. The number of fused-ring (bicyclic) bond motifs is 20. The third-order valence-electron chi connectivity index (χ3n) is 19.1. The van der Waals surface area contributed by atoms with Gasteiger partial charge in [0.25, 0.3) is 0 Å². The van der Waals surface area contributed by atoms with Crippen molar-refractivity contribution in [2.75, 3.05) is 0 Å². The van der Waals surface area contributed by atoms with Crippen molar-refractivity contribution < 1.29 is 0 Å². The third kappa shape index (κ3) is 5.95. The van der Waals surface area contributed by atoms with Crippen molar-refractivity contribution >= 4 is 87.2 Å². The summed E-state index contributed by atoms with van der Waals surface area (Å²) in [5.74, 6) is 0. The molecule has 0 N–H and O–H groups in total. The van der Waals surface area contributed by atoms with E-state index in [-0.39, 0.29) is 10.8 Å². The highest BCUT2D eigenvalue weighted by molar-refractivity contribution is 6.16. The van der Waals surface area contributed by atoms with Crippen LogP contribution in [0.15, 0.2) is 255 Å². The van der Waals surface area contributed by atoms with Crippen LogP contribution in [-0.2, 0) is 10.8 Å². The quantitative estimate of drug-likeness (QED) is 0.164. The number of benzene rings is 12. The fourth-order valence-corrected chi connectivity index (χ4v) is 15.5. The Morgan fingerprint density at radius 2 is 0.610 bits per heavy atom. The van der Waals surface area contributed by atoms with E-state index in [1.54, 1.807) is 0 Å². The van der Waals surface area contributed by atoms with E-state index < -0.39 is 0 Å². The number of hydrogen-bond acceptors (Lipinski definition) is 0. The summed E-state index contributed by atoms with van der Waals surface area (Å²) in [6.07, 6.45) is 0. The fourth-order valence-electron chi connectivity index (χ4n) is 15.5. The van der Waals surface area contributed by atoms with Crippen molar-refractivity contribution in [3.8, 4) is 56.1 Å². The molecule has 0 radical (unpaired) electrons. The molecular weight excluding hydrogens is 993 g/mol. The van der Waals surface area contributed by atoms with Gasteiger partial charge in [-0.15, -0.1) is 0 Å². The first kappa shape index (κ1) is 45.7. The Morgan fingerprint density at radius 1 is 0.232 bits per heavy atom. The van der Waals surface area contributed by atoms with E-state index in [9.17, 15) is 0 Å². The molecule has 0 fully saturated rings. The Bertz CT molecular complexity index is 5400. The molecule has 0 saturated carbocycles. The SMILES string of the molecule is CC1(C)c2ccccc2-c2ccc3c4ccccc4n(-c4cccc(-n5c6ccccc6c6cc(-c7ccc8c(c7)C(C)(C)c7c-8ccc8c9ccccc9n(-c9ccc(-n%10c%11ccccc%11c%11ccccc%11%10)cc9)c78)ccc65)c4)c3c21. The summed E-state index contributed by atoms with van der Waals surface area (Å²) in [6, 6.07) is 95.6. The van der Waals surface area contributed by atoms with Crippen LogP contribution in [0.5, 0.6) is 0 Å². The highest BCUT2D eigenvalue weighted by Crippen LogP contribution is 2.55. The van der Waals surface area contributed by atoms with E-state index in [0.717, 1.165) is 22.7 Å². The summed E-state index contributed by atoms with van der Waals surface area (Å²) in [4.78, 5) is 0. The summed E-state index contributed by atoms with van der Waals surface area (Å²) >= 11 is 0. The zero-order valence-corrected chi connectivity index (χ0v) is 46.0. The summed E-state index contributed by atoms with van der Waals surface area (Å²) in [6.45, 7) is 9.67. The molecule has 0 bridgehead atoms. The lowest BCUT2D eigenvalue weighted by Crippen LogP contribution is -2.16. The van der Waals surface area contributed by atoms with Crippen LogP contribution in [0.3, 0.4) is 0 Å². The maximum Gasteiger partial charge on any atom is 0.0588 e. The number of hydrogen-bond donors (Lipinski definition) is 0. The number of rotatable bonds is 5. The van der Waals surface area contributed by atoms with Gasteiger partial charge in [0.1, 0.15) is 0 Å². The van der Waals surface area contributed by atoms with E-state index in [1.807, 2.05) is 0 Å². The van der Waals surface area contributed by atoms with Gasteiger partial charge < -0.3 is 18.3 Å². The molecule has 4 heterocycles. The molecule has 0 aliphatic heterocycles. The second-order valence-electron chi connectivity index (χ2n) is 24.0. The Kier molecular flexibility index (Phi) is 9.05. The van der Waals surface area contributed by atoms with E-state index >= 15 is 0 Å². The van der Waals surface area contributed by atoms with Crippen LogP contribution in [0.1, 0.15) is 49.9 Å². The maximum atomic E-state index is 2.54.